The molecule has 2 aromatic carbocycles. The van der Waals surface area contributed by atoms with Crippen LogP contribution in [0.3, 0.4) is 0 Å². The Labute approximate surface area is 160 Å². The third kappa shape index (κ3) is 2.68. The Morgan fingerprint density at radius 3 is 2.64 bits per heavy atom. The number of rotatable bonds is 4. The Hall–Kier alpha value is -4.06. The van der Waals surface area contributed by atoms with E-state index in [9.17, 15) is 4.79 Å². The topological polar surface area (TPSA) is 65.1 Å². The van der Waals surface area contributed by atoms with Crippen molar-refractivity contribution in [2.24, 2.45) is 0 Å². The molecule has 28 heavy (non-hydrogen) atoms. The van der Waals surface area contributed by atoms with Gasteiger partial charge in [0.15, 0.2) is 11.4 Å². The van der Waals surface area contributed by atoms with E-state index in [1.807, 2.05) is 53.2 Å². The van der Waals surface area contributed by atoms with Gasteiger partial charge >= 0.3 is 0 Å². The van der Waals surface area contributed by atoms with E-state index < -0.39 is 0 Å². The van der Waals surface area contributed by atoms with Gasteiger partial charge in [0, 0.05) is 35.4 Å². The molecule has 0 aliphatic rings. The van der Waals surface area contributed by atoms with E-state index in [0.29, 0.717) is 16.8 Å². The van der Waals surface area contributed by atoms with Crippen LogP contribution in [0.2, 0.25) is 0 Å². The van der Waals surface area contributed by atoms with Crippen molar-refractivity contribution in [1.82, 2.24) is 24.1 Å². The molecule has 0 unspecified atom stereocenters. The molecule has 0 saturated heterocycles. The predicted octanol–water partition coefficient (Wildman–Crippen LogP) is 3.81. The molecule has 3 aromatic heterocycles. The van der Waals surface area contributed by atoms with Crippen LogP contribution in [-0.4, -0.2) is 29.9 Å². The van der Waals surface area contributed by atoms with Crippen molar-refractivity contribution >= 4 is 11.4 Å². The Morgan fingerprint density at radius 2 is 1.82 bits per heavy atom. The summed E-state index contributed by atoms with van der Waals surface area (Å²) < 4.78 is 3.65. The summed E-state index contributed by atoms with van der Waals surface area (Å²) in [6.07, 6.45) is 8.68. The zero-order valence-corrected chi connectivity index (χ0v) is 14.8. The molecule has 0 saturated carbocycles. The van der Waals surface area contributed by atoms with Crippen LogP contribution in [0.5, 0.6) is 0 Å². The summed E-state index contributed by atoms with van der Waals surface area (Å²) >= 11 is 0. The van der Waals surface area contributed by atoms with E-state index in [2.05, 4.69) is 21.1 Å². The molecule has 0 atom stereocenters. The minimum Gasteiger partial charge on any atom is -0.306 e. The van der Waals surface area contributed by atoms with Gasteiger partial charge in [0.05, 0.1) is 23.8 Å². The second-order valence-corrected chi connectivity index (χ2v) is 6.34. The van der Waals surface area contributed by atoms with Gasteiger partial charge in [0.1, 0.15) is 0 Å². The molecule has 5 aromatic rings. The zero-order chi connectivity index (χ0) is 18.9. The first kappa shape index (κ1) is 16.1. The van der Waals surface area contributed by atoms with E-state index in [0.717, 1.165) is 16.9 Å². The standard InChI is InChI=1S/C22H15N5O/c28-21(16-5-2-1-3-6-16)19-14-25-27-20(9-10-24-22(19)27)17-7-4-8-18(13-17)26-12-11-23-15-26/h1-15H. The van der Waals surface area contributed by atoms with E-state index in [4.69, 9.17) is 0 Å². The molecule has 0 spiro atoms. The Bertz CT molecular complexity index is 1270. The van der Waals surface area contributed by atoms with Crippen LogP contribution < -0.4 is 0 Å². The van der Waals surface area contributed by atoms with Gasteiger partial charge in [0.25, 0.3) is 0 Å². The van der Waals surface area contributed by atoms with Gasteiger partial charge in [-0.05, 0) is 18.2 Å². The second-order valence-electron chi connectivity index (χ2n) is 6.34. The Balaban J connectivity index is 1.62. The third-order valence-electron chi connectivity index (χ3n) is 4.63. The van der Waals surface area contributed by atoms with E-state index in [1.54, 1.807) is 41.6 Å². The van der Waals surface area contributed by atoms with Crippen molar-refractivity contribution in [3.05, 3.63) is 103 Å². The van der Waals surface area contributed by atoms with Crippen molar-refractivity contribution in [1.29, 1.82) is 0 Å². The summed E-state index contributed by atoms with van der Waals surface area (Å²) in [5, 5.41) is 4.45. The lowest BCUT2D eigenvalue weighted by Gasteiger charge is -2.08. The zero-order valence-electron chi connectivity index (χ0n) is 14.8. The number of imidazole rings is 1. The number of hydrogen-bond donors (Lipinski definition) is 0. The number of nitrogens with zero attached hydrogens (tertiary/aromatic N) is 5. The highest BCUT2D eigenvalue weighted by atomic mass is 16.1. The first-order valence-electron chi connectivity index (χ1n) is 8.82. The summed E-state index contributed by atoms with van der Waals surface area (Å²) in [5.74, 6) is -0.0904. The van der Waals surface area contributed by atoms with Crippen LogP contribution in [-0.2, 0) is 0 Å². The lowest BCUT2D eigenvalue weighted by Crippen LogP contribution is -2.02. The molecule has 0 amide bonds. The smallest absolute Gasteiger partial charge is 0.198 e. The summed E-state index contributed by atoms with van der Waals surface area (Å²) in [6.45, 7) is 0. The predicted molar refractivity (Wildman–Crippen MR) is 105 cm³/mol. The summed E-state index contributed by atoms with van der Waals surface area (Å²) in [6, 6.07) is 19.1. The van der Waals surface area contributed by atoms with Crippen LogP contribution in [0, 0.1) is 0 Å². The molecule has 3 heterocycles. The number of benzene rings is 2. The quantitative estimate of drug-likeness (QED) is 0.454. The largest absolute Gasteiger partial charge is 0.306 e. The van der Waals surface area contributed by atoms with Crippen molar-refractivity contribution < 1.29 is 4.79 Å². The Kier molecular flexibility index (Phi) is 3.80. The van der Waals surface area contributed by atoms with Crippen LogP contribution >= 0.6 is 0 Å². The number of ketones is 1. The molecule has 6 nitrogen and oxygen atoms in total. The minimum atomic E-state index is -0.0904. The first-order chi connectivity index (χ1) is 13.8. The molecule has 0 bridgehead atoms. The maximum atomic E-state index is 12.9. The van der Waals surface area contributed by atoms with Crippen LogP contribution in [0.1, 0.15) is 15.9 Å². The number of fused-ring (bicyclic) bond motifs is 1. The molecular weight excluding hydrogens is 350 g/mol. The third-order valence-corrected chi connectivity index (χ3v) is 4.63. The van der Waals surface area contributed by atoms with Gasteiger partial charge in [-0.25, -0.2) is 14.5 Å². The second kappa shape index (κ2) is 6.59. The van der Waals surface area contributed by atoms with Gasteiger partial charge in [-0.2, -0.15) is 5.10 Å². The highest BCUT2D eigenvalue weighted by molar-refractivity contribution is 6.12. The molecule has 0 radical (unpaired) electrons. The van der Waals surface area contributed by atoms with Gasteiger partial charge in [-0.1, -0.05) is 42.5 Å². The van der Waals surface area contributed by atoms with Crippen molar-refractivity contribution in [3.63, 3.8) is 0 Å². The van der Waals surface area contributed by atoms with Gasteiger partial charge in [0.2, 0.25) is 0 Å². The van der Waals surface area contributed by atoms with Crippen molar-refractivity contribution in [2.75, 3.05) is 0 Å². The fraction of sp³-hybridized carbons (Fsp3) is 0. The Morgan fingerprint density at radius 1 is 0.929 bits per heavy atom. The number of hydrogen-bond acceptors (Lipinski definition) is 4. The highest BCUT2D eigenvalue weighted by Crippen LogP contribution is 2.24. The maximum absolute atomic E-state index is 12.9. The molecule has 0 aliphatic heterocycles. The average Bonchev–Trinajstić information content (AvgIpc) is 3.44. The lowest BCUT2D eigenvalue weighted by atomic mass is 10.1. The van der Waals surface area contributed by atoms with E-state index in [1.165, 1.54) is 0 Å². The lowest BCUT2D eigenvalue weighted by molar-refractivity contribution is 0.104. The maximum Gasteiger partial charge on any atom is 0.198 e. The molecule has 6 heteroatoms. The van der Waals surface area contributed by atoms with Gasteiger partial charge in [-0.15, -0.1) is 0 Å². The van der Waals surface area contributed by atoms with Crippen molar-refractivity contribution in [2.45, 2.75) is 0 Å². The normalized spacial score (nSPS) is 11.0. The number of aromatic nitrogens is 5. The van der Waals surface area contributed by atoms with Crippen LogP contribution in [0.15, 0.2) is 91.8 Å². The molecule has 0 N–H and O–H groups in total. The molecular formula is C22H15N5O. The van der Waals surface area contributed by atoms with Crippen LogP contribution in [0.4, 0.5) is 0 Å². The SMILES string of the molecule is O=C(c1ccccc1)c1cnn2c(-c3cccc(-n4ccnc4)c3)ccnc12. The van der Waals surface area contributed by atoms with Gasteiger partial charge in [-0.3, -0.25) is 4.79 Å². The van der Waals surface area contributed by atoms with Gasteiger partial charge < -0.3 is 4.57 Å². The van der Waals surface area contributed by atoms with Crippen molar-refractivity contribution in [3.8, 4) is 16.9 Å². The fourth-order valence-corrected chi connectivity index (χ4v) is 3.25. The average molecular weight is 365 g/mol. The minimum absolute atomic E-state index is 0.0904. The van der Waals surface area contributed by atoms with E-state index >= 15 is 0 Å². The monoisotopic (exact) mass is 365 g/mol. The molecule has 0 fully saturated rings. The molecule has 5 rings (SSSR count). The number of carbonyl (C=O) groups excluding carboxylic acids is 1. The van der Waals surface area contributed by atoms with E-state index in [-0.39, 0.29) is 5.78 Å². The number of carbonyl (C=O) groups is 1. The summed E-state index contributed by atoms with van der Waals surface area (Å²) in [4.78, 5) is 21.4. The molecule has 0 aliphatic carbocycles. The molecule has 134 valence electrons. The first-order valence-corrected chi connectivity index (χ1v) is 8.82. The fourth-order valence-electron chi connectivity index (χ4n) is 3.25. The van der Waals surface area contributed by atoms with Crippen LogP contribution in [0.25, 0.3) is 22.6 Å². The summed E-state index contributed by atoms with van der Waals surface area (Å²) in [7, 11) is 0. The highest BCUT2D eigenvalue weighted by Gasteiger charge is 2.17. The summed E-state index contributed by atoms with van der Waals surface area (Å²) in [5.41, 5.74) is 4.47.